The van der Waals surface area contributed by atoms with Gasteiger partial charge in [0.15, 0.2) is 0 Å². The summed E-state index contributed by atoms with van der Waals surface area (Å²) >= 11 is 3.90. The first-order valence-corrected chi connectivity index (χ1v) is 4.67. The van der Waals surface area contributed by atoms with E-state index >= 15 is 0 Å². The highest BCUT2D eigenvalue weighted by Crippen LogP contribution is 2.01. The molecule has 7 heteroatoms. The average molecular weight is 217 g/mol. The lowest BCUT2D eigenvalue weighted by atomic mass is 10.1. The quantitative estimate of drug-likeness (QED) is 0.403. The molecule has 0 aliphatic carbocycles. The number of piperazine rings is 1. The van der Waals surface area contributed by atoms with Gasteiger partial charge in [-0.2, -0.15) is 12.6 Å². The summed E-state index contributed by atoms with van der Waals surface area (Å²) in [4.78, 5) is 33.1. The lowest BCUT2D eigenvalue weighted by Gasteiger charge is -2.27. The van der Waals surface area contributed by atoms with E-state index in [9.17, 15) is 14.4 Å². The van der Waals surface area contributed by atoms with Gasteiger partial charge in [-0.3, -0.25) is 14.4 Å². The van der Waals surface area contributed by atoms with E-state index in [2.05, 4.69) is 23.3 Å². The van der Waals surface area contributed by atoms with E-state index in [1.807, 2.05) is 0 Å². The molecule has 0 aromatic rings. The smallest absolute Gasteiger partial charge is 0.244 e. The number of nitrogens with two attached hydrogens (primary N) is 1. The van der Waals surface area contributed by atoms with Crippen molar-refractivity contribution in [2.75, 3.05) is 5.75 Å². The average Bonchev–Trinajstić information content (AvgIpc) is 2.10. The van der Waals surface area contributed by atoms with Crippen molar-refractivity contribution in [3.63, 3.8) is 0 Å². The molecule has 6 nitrogen and oxygen atoms in total. The molecule has 0 aromatic heterocycles. The van der Waals surface area contributed by atoms with Crippen LogP contribution in [-0.2, 0) is 14.4 Å². The zero-order valence-corrected chi connectivity index (χ0v) is 8.21. The summed E-state index contributed by atoms with van der Waals surface area (Å²) in [6.07, 6.45) is -0.184. The molecule has 1 aliphatic rings. The molecule has 4 N–H and O–H groups in total. The fraction of sp³-hybridized carbons (Fsp3) is 0.571. The Kier molecular flexibility index (Phi) is 3.34. The molecule has 1 saturated heterocycles. The highest BCUT2D eigenvalue weighted by Gasteiger charge is 2.33. The van der Waals surface area contributed by atoms with E-state index in [0.717, 1.165) is 0 Å². The van der Waals surface area contributed by atoms with Gasteiger partial charge in [-0.25, -0.2) is 0 Å². The fourth-order valence-electron chi connectivity index (χ4n) is 1.15. The number of hydrogen-bond donors (Lipinski definition) is 4. The molecule has 0 spiro atoms. The predicted octanol–water partition coefficient (Wildman–Crippen LogP) is -2.23. The van der Waals surface area contributed by atoms with Gasteiger partial charge in [0.05, 0.1) is 6.42 Å². The summed E-state index contributed by atoms with van der Waals surface area (Å²) < 4.78 is 0. The highest BCUT2D eigenvalue weighted by molar-refractivity contribution is 7.80. The second kappa shape index (κ2) is 4.32. The minimum atomic E-state index is -0.851. The number of thiol groups is 1. The van der Waals surface area contributed by atoms with E-state index in [0.29, 0.717) is 0 Å². The van der Waals surface area contributed by atoms with Crippen molar-refractivity contribution in [3.05, 3.63) is 0 Å². The van der Waals surface area contributed by atoms with Crippen LogP contribution in [0.2, 0.25) is 0 Å². The molecule has 0 bridgehead atoms. The summed E-state index contributed by atoms with van der Waals surface area (Å²) in [6.45, 7) is 0. The highest BCUT2D eigenvalue weighted by atomic mass is 32.1. The third kappa shape index (κ3) is 2.38. The molecule has 2 atom stereocenters. The third-order valence-corrected chi connectivity index (χ3v) is 2.22. The molecular formula is C7H11N3O3S. The number of amides is 3. The van der Waals surface area contributed by atoms with Crippen LogP contribution < -0.4 is 16.4 Å². The van der Waals surface area contributed by atoms with Crippen LogP contribution in [0.4, 0.5) is 0 Å². The monoisotopic (exact) mass is 217 g/mol. The van der Waals surface area contributed by atoms with Crippen molar-refractivity contribution in [2.45, 2.75) is 18.5 Å². The fourth-order valence-corrected chi connectivity index (χ4v) is 1.41. The second-order valence-electron chi connectivity index (χ2n) is 2.98. The largest absolute Gasteiger partial charge is 0.370 e. The van der Waals surface area contributed by atoms with Gasteiger partial charge in [-0.15, -0.1) is 0 Å². The maximum atomic E-state index is 11.3. The molecule has 3 amide bonds. The van der Waals surface area contributed by atoms with E-state index in [-0.39, 0.29) is 18.1 Å². The minimum Gasteiger partial charge on any atom is -0.370 e. The third-order valence-electron chi connectivity index (χ3n) is 1.85. The van der Waals surface area contributed by atoms with Crippen molar-refractivity contribution in [2.24, 2.45) is 5.73 Å². The van der Waals surface area contributed by atoms with Crippen molar-refractivity contribution in [3.8, 4) is 0 Å². The number of primary amides is 1. The molecule has 1 fully saturated rings. The van der Waals surface area contributed by atoms with Crippen molar-refractivity contribution in [1.82, 2.24) is 10.6 Å². The number of hydrogen-bond acceptors (Lipinski definition) is 4. The van der Waals surface area contributed by atoms with Gasteiger partial charge in [0, 0.05) is 5.75 Å². The number of rotatable bonds is 3. The van der Waals surface area contributed by atoms with Gasteiger partial charge in [0.1, 0.15) is 12.1 Å². The molecular weight excluding hydrogens is 206 g/mol. The van der Waals surface area contributed by atoms with E-state index < -0.39 is 23.9 Å². The zero-order valence-electron chi connectivity index (χ0n) is 7.32. The van der Waals surface area contributed by atoms with Gasteiger partial charge in [-0.1, -0.05) is 0 Å². The minimum absolute atomic E-state index is 0.184. The van der Waals surface area contributed by atoms with Crippen LogP contribution in [0.5, 0.6) is 0 Å². The van der Waals surface area contributed by atoms with Crippen LogP contribution in [-0.4, -0.2) is 35.6 Å². The van der Waals surface area contributed by atoms with Crippen molar-refractivity contribution >= 4 is 30.4 Å². The van der Waals surface area contributed by atoms with Crippen LogP contribution >= 0.6 is 12.6 Å². The number of carbonyl (C=O) groups is 3. The predicted molar refractivity (Wildman–Crippen MR) is 51.5 cm³/mol. The Morgan fingerprint density at radius 1 is 1.29 bits per heavy atom. The van der Waals surface area contributed by atoms with Crippen LogP contribution in [0.25, 0.3) is 0 Å². The summed E-state index contributed by atoms with van der Waals surface area (Å²) in [6, 6.07) is -1.48. The summed E-state index contributed by atoms with van der Waals surface area (Å²) in [5.74, 6) is -1.15. The van der Waals surface area contributed by atoms with Gasteiger partial charge >= 0.3 is 0 Å². The number of nitrogens with one attached hydrogen (secondary N) is 2. The second-order valence-corrected chi connectivity index (χ2v) is 3.34. The molecule has 2 unspecified atom stereocenters. The lowest BCUT2D eigenvalue weighted by molar-refractivity contribution is -0.137. The molecule has 1 aliphatic heterocycles. The molecule has 0 aromatic carbocycles. The van der Waals surface area contributed by atoms with E-state index in [1.54, 1.807) is 0 Å². The Bertz CT molecular complexity index is 281. The van der Waals surface area contributed by atoms with Crippen molar-refractivity contribution in [1.29, 1.82) is 0 Å². The Labute approximate surface area is 86.0 Å². The van der Waals surface area contributed by atoms with Crippen LogP contribution in [0.15, 0.2) is 0 Å². The first-order chi connectivity index (χ1) is 6.54. The molecule has 1 rings (SSSR count). The van der Waals surface area contributed by atoms with Crippen LogP contribution in [0.1, 0.15) is 6.42 Å². The van der Waals surface area contributed by atoms with Crippen LogP contribution in [0, 0.1) is 0 Å². The Hall–Kier alpha value is -1.24. The van der Waals surface area contributed by atoms with Gasteiger partial charge < -0.3 is 16.4 Å². The Morgan fingerprint density at radius 2 is 1.79 bits per heavy atom. The summed E-state index contributed by atoms with van der Waals surface area (Å²) in [5, 5.41) is 4.83. The summed E-state index contributed by atoms with van der Waals surface area (Å²) in [7, 11) is 0. The molecule has 78 valence electrons. The molecule has 0 saturated carbocycles. The Balaban J connectivity index is 2.62. The first kappa shape index (κ1) is 10.8. The topological polar surface area (TPSA) is 101 Å². The Morgan fingerprint density at radius 3 is 2.29 bits per heavy atom. The summed E-state index contributed by atoms with van der Waals surface area (Å²) in [5.41, 5.74) is 4.91. The van der Waals surface area contributed by atoms with E-state index in [4.69, 9.17) is 5.73 Å². The molecule has 14 heavy (non-hydrogen) atoms. The maximum absolute atomic E-state index is 11.3. The standard InChI is InChI=1S/C7H11N3O3S/c8-5(11)1-3-6(12)10-4(2-14)7(13)9-3/h3-4,14H,1-2H2,(H2,8,11)(H,9,13)(H,10,12). The first-order valence-electron chi connectivity index (χ1n) is 4.04. The zero-order chi connectivity index (χ0) is 10.7. The van der Waals surface area contributed by atoms with Gasteiger partial charge in [-0.05, 0) is 0 Å². The molecule has 1 heterocycles. The van der Waals surface area contributed by atoms with Gasteiger partial charge in [0.25, 0.3) is 0 Å². The maximum Gasteiger partial charge on any atom is 0.244 e. The normalized spacial score (nSPS) is 26.6. The molecule has 0 radical (unpaired) electrons. The van der Waals surface area contributed by atoms with E-state index in [1.165, 1.54) is 0 Å². The van der Waals surface area contributed by atoms with Gasteiger partial charge in [0.2, 0.25) is 17.7 Å². The van der Waals surface area contributed by atoms with Crippen molar-refractivity contribution < 1.29 is 14.4 Å². The number of carbonyl (C=O) groups excluding carboxylic acids is 3. The van der Waals surface area contributed by atoms with Crippen LogP contribution in [0.3, 0.4) is 0 Å². The SMILES string of the molecule is NC(=O)CC1NC(=O)C(CS)NC1=O. The lowest BCUT2D eigenvalue weighted by Crippen LogP contribution is -2.62.